The fourth-order valence-corrected chi connectivity index (χ4v) is 2.32. The van der Waals surface area contributed by atoms with Crippen LogP contribution in [0.2, 0.25) is 0 Å². The normalized spacial score (nSPS) is 12.2. The number of hydrogen-bond acceptors (Lipinski definition) is 3. The predicted octanol–water partition coefficient (Wildman–Crippen LogP) is 4.00. The Hall–Kier alpha value is -3.01. The van der Waals surface area contributed by atoms with Crippen molar-refractivity contribution in [1.82, 2.24) is 4.90 Å². The summed E-state index contributed by atoms with van der Waals surface area (Å²) in [6, 6.07) is 13.0. The van der Waals surface area contributed by atoms with E-state index in [2.05, 4.69) is 0 Å². The Morgan fingerprint density at radius 2 is 1.73 bits per heavy atom. The third kappa shape index (κ3) is 4.99. The monoisotopic (exact) mass is 362 g/mol. The first kappa shape index (κ1) is 19.3. The maximum atomic E-state index is 12.6. The van der Waals surface area contributed by atoms with Crippen LogP contribution in [0.1, 0.15) is 23.6 Å². The van der Waals surface area contributed by atoms with E-state index in [4.69, 9.17) is 10.00 Å². The minimum atomic E-state index is -4.39. The molecule has 2 aromatic rings. The summed E-state index contributed by atoms with van der Waals surface area (Å²) < 4.78 is 43.3. The molecule has 1 atom stereocenters. The van der Waals surface area contributed by atoms with Gasteiger partial charge in [-0.15, -0.1) is 0 Å². The third-order valence-electron chi connectivity index (χ3n) is 3.72. The molecule has 26 heavy (non-hydrogen) atoms. The van der Waals surface area contributed by atoms with Crippen LogP contribution in [0.3, 0.4) is 0 Å². The van der Waals surface area contributed by atoms with Crippen LogP contribution in [-0.2, 0) is 17.5 Å². The molecule has 0 aromatic heterocycles. The van der Waals surface area contributed by atoms with Crippen LogP contribution in [0.15, 0.2) is 48.5 Å². The summed E-state index contributed by atoms with van der Waals surface area (Å²) in [6.07, 6.45) is -5.16. The molecule has 1 unspecified atom stereocenters. The highest BCUT2D eigenvalue weighted by molar-refractivity contribution is 5.80. The highest BCUT2D eigenvalue weighted by Gasteiger charge is 2.30. The van der Waals surface area contributed by atoms with Crippen molar-refractivity contribution in [3.63, 3.8) is 0 Å². The maximum Gasteiger partial charge on any atom is 0.416 e. The number of rotatable bonds is 5. The Balaban J connectivity index is 1.96. The largest absolute Gasteiger partial charge is 0.481 e. The number of ether oxygens (including phenoxy) is 1. The van der Waals surface area contributed by atoms with Gasteiger partial charge in [0.15, 0.2) is 6.10 Å². The molecule has 0 heterocycles. The number of nitriles is 1. The maximum absolute atomic E-state index is 12.6. The topological polar surface area (TPSA) is 53.3 Å². The summed E-state index contributed by atoms with van der Waals surface area (Å²) >= 11 is 0. The first-order valence-electron chi connectivity index (χ1n) is 7.78. The molecule has 0 saturated carbocycles. The molecule has 0 radical (unpaired) electrons. The van der Waals surface area contributed by atoms with Crippen LogP contribution >= 0.6 is 0 Å². The molecular weight excluding hydrogens is 345 g/mol. The van der Waals surface area contributed by atoms with E-state index < -0.39 is 17.8 Å². The van der Waals surface area contributed by atoms with E-state index in [-0.39, 0.29) is 12.5 Å². The molecule has 4 nitrogen and oxygen atoms in total. The van der Waals surface area contributed by atoms with Crippen molar-refractivity contribution in [2.45, 2.75) is 25.7 Å². The Kier molecular flexibility index (Phi) is 5.88. The number of benzene rings is 2. The van der Waals surface area contributed by atoms with Gasteiger partial charge in [-0.3, -0.25) is 4.79 Å². The van der Waals surface area contributed by atoms with Crippen molar-refractivity contribution in [3.05, 3.63) is 65.2 Å². The van der Waals surface area contributed by atoms with Gasteiger partial charge < -0.3 is 9.64 Å². The molecule has 1 amide bonds. The van der Waals surface area contributed by atoms with Crippen molar-refractivity contribution < 1.29 is 22.7 Å². The van der Waals surface area contributed by atoms with Crippen molar-refractivity contribution in [3.8, 4) is 11.8 Å². The summed E-state index contributed by atoms with van der Waals surface area (Å²) in [7, 11) is 1.55. The molecule has 2 aromatic carbocycles. The van der Waals surface area contributed by atoms with Gasteiger partial charge in [0, 0.05) is 13.6 Å². The number of likely N-dealkylation sites (N-methyl/N-ethyl adjacent to an activating group) is 1. The van der Waals surface area contributed by atoms with E-state index in [0.717, 1.165) is 12.1 Å². The zero-order chi connectivity index (χ0) is 19.3. The zero-order valence-electron chi connectivity index (χ0n) is 14.2. The minimum Gasteiger partial charge on any atom is -0.481 e. The second-order valence-corrected chi connectivity index (χ2v) is 5.79. The van der Waals surface area contributed by atoms with Gasteiger partial charge in [0.25, 0.3) is 5.91 Å². The molecule has 0 aliphatic carbocycles. The summed E-state index contributed by atoms with van der Waals surface area (Å²) in [4.78, 5) is 13.8. The number of carbonyl (C=O) groups is 1. The highest BCUT2D eigenvalue weighted by Crippen LogP contribution is 2.29. The Labute approximate surface area is 149 Å². The number of halogens is 3. The van der Waals surface area contributed by atoms with Gasteiger partial charge in [-0.2, -0.15) is 18.4 Å². The number of alkyl halides is 3. The van der Waals surface area contributed by atoms with Crippen LogP contribution < -0.4 is 4.74 Å². The summed E-state index contributed by atoms with van der Waals surface area (Å²) in [5.74, 6) is 0.141. The van der Waals surface area contributed by atoms with E-state index in [1.807, 2.05) is 6.07 Å². The molecule has 2 rings (SSSR count). The van der Waals surface area contributed by atoms with Crippen LogP contribution in [-0.4, -0.2) is 24.0 Å². The number of amides is 1. The van der Waals surface area contributed by atoms with E-state index >= 15 is 0 Å². The van der Waals surface area contributed by atoms with Crippen molar-refractivity contribution in [2.75, 3.05) is 7.05 Å². The quantitative estimate of drug-likeness (QED) is 0.808. The predicted molar refractivity (Wildman–Crippen MR) is 89.2 cm³/mol. The van der Waals surface area contributed by atoms with E-state index in [1.165, 1.54) is 17.0 Å². The van der Waals surface area contributed by atoms with Crippen LogP contribution in [0, 0.1) is 11.3 Å². The lowest BCUT2D eigenvalue weighted by atomic mass is 10.1. The second kappa shape index (κ2) is 7.91. The Morgan fingerprint density at radius 1 is 1.15 bits per heavy atom. The Bertz CT molecular complexity index is 794. The lowest BCUT2D eigenvalue weighted by Gasteiger charge is -2.22. The number of carbonyl (C=O) groups excluding carboxylic acids is 1. The number of hydrogen-bond donors (Lipinski definition) is 0. The zero-order valence-corrected chi connectivity index (χ0v) is 14.2. The first-order chi connectivity index (χ1) is 12.2. The van der Waals surface area contributed by atoms with E-state index in [1.54, 1.807) is 38.2 Å². The van der Waals surface area contributed by atoms with Crippen molar-refractivity contribution in [2.24, 2.45) is 0 Å². The van der Waals surface area contributed by atoms with Crippen LogP contribution in [0.5, 0.6) is 5.75 Å². The molecule has 0 fully saturated rings. The smallest absolute Gasteiger partial charge is 0.416 e. The molecular formula is C19H17F3N2O2. The van der Waals surface area contributed by atoms with Gasteiger partial charge in [0.2, 0.25) is 0 Å². The summed E-state index contributed by atoms with van der Waals surface area (Å²) in [5, 5.41) is 8.76. The summed E-state index contributed by atoms with van der Waals surface area (Å²) in [6.45, 7) is 1.75. The fourth-order valence-electron chi connectivity index (χ4n) is 2.32. The lowest BCUT2D eigenvalue weighted by molar-refractivity contribution is -0.138. The van der Waals surface area contributed by atoms with Crippen molar-refractivity contribution >= 4 is 5.91 Å². The molecule has 0 bridgehead atoms. The summed E-state index contributed by atoms with van der Waals surface area (Å²) in [5.41, 5.74) is 0.336. The molecule has 7 heteroatoms. The minimum absolute atomic E-state index is 0.165. The first-order valence-corrected chi connectivity index (χ1v) is 7.78. The average Bonchev–Trinajstić information content (AvgIpc) is 2.61. The Morgan fingerprint density at radius 3 is 2.23 bits per heavy atom. The SMILES string of the molecule is CC(Oc1ccc(C#N)cc1)C(=O)N(C)Cc1ccc(C(F)(F)F)cc1. The van der Waals surface area contributed by atoms with Gasteiger partial charge in [-0.05, 0) is 48.9 Å². The van der Waals surface area contributed by atoms with Crippen LogP contribution in [0.4, 0.5) is 13.2 Å². The van der Waals surface area contributed by atoms with Gasteiger partial charge in [0.1, 0.15) is 5.75 Å². The average molecular weight is 362 g/mol. The highest BCUT2D eigenvalue weighted by atomic mass is 19.4. The van der Waals surface area contributed by atoms with Crippen molar-refractivity contribution in [1.29, 1.82) is 5.26 Å². The van der Waals surface area contributed by atoms with Gasteiger partial charge in [0.05, 0.1) is 17.2 Å². The third-order valence-corrected chi connectivity index (χ3v) is 3.72. The standard InChI is InChI=1S/C19H17F3N2O2/c1-13(26-17-9-5-14(11-23)6-10-17)18(25)24(2)12-15-3-7-16(8-4-15)19(20,21)22/h3-10,13H,12H2,1-2H3. The number of nitrogens with zero attached hydrogens (tertiary/aromatic N) is 2. The fraction of sp³-hybridized carbons (Fsp3) is 0.263. The van der Waals surface area contributed by atoms with E-state index in [0.29, 0.717) is 16.9 Å². The molecule has 0 aliphatic rings. The molecule has 0 spiro atoms. The second-order valence-electron chi connectivity index (χ2n) is 5.79. The van der Waals surface area contributed by atoms with Crippen LogP contribution in [0.25, 0.3) is 0 Å². The van der Waals surface area contributed by atoms with Gasteiger partial charge in [-0.25, -0.2) is 0 Å². The molecule has 136 valence electrons. The van der Waals surface area contributed by atoms with Gasteiger partial charge in [-0.1, -0.05) is 12.1 Å². The lowest BCUT2D eigenvalue weighted by Crippen LogP contribution is -2.37. The van der Waals surface area contributed by atoms with E-state index in [9.17, 15) is 18.0 Å². The molecule has 0 saturated heterocycles. The molecule has 0 aliphatic heterocycles. The molecule has 0 N–H and O–H groups in total. The van der Waals surface area contributed by atoms with Gasteiger partial charge >= 0.3 is 6.18 Å².